The molecule has 0 unspecified atom stereocenters. The summed E-state index contributed by atoms with van der Waals surface area (Å²) in [5.74, 6) is 1.06. The minimum absolute atomic E-state index is 0.319. The molecule has 0 spiro atoms. The Bertz CT molecular complexity index is 409. The summed E-state index contributed by atoms with van der Waals surface area (Å²) in [6.45, 7) is 2.05. The van der Waals surface area contributed by atoms with Gasteiger partial charge in [0.1, 0.15) is 0 Å². The van der Waals surface area contributed by atoms with E-state index in [4.69, 9.17) is 11.6 Å². The second-order valence-corrected chi connectivity index (χ2v) is 4.89. The smallest absolute Gasteiger partial charge is 0.163 e. The fourth-order valence-corrected chi connectivity index (χ4v) is 2.67. The highest BCUT2D eigenvalue weighted by Crippen LogP contribution is 2.27. The third-order valence-corrected chi connectivity index (χ3v) is 3.49. The molecular formula is C14H17ClO. The van der Waals surface area contributed by atoms with E-state index in [1.165, 1.54) is 11.1 Å². The average molecular weight is 237 g/mol. The minimum atomic E-state index is 0.319. The van der Waals surface area contributed by atoms with Crippen LogP contribution in [0, 0.1) is 6.92 Å². The lowest BCUT2D eigenvalue weighted by atomic mass is 9.97. The van der Waals surface area contributed by atoms with Crippen molar-refractivity contribution in [3.63, 3.8) is 0 Å². The van der Waals surface area contributed by atoms with E-state index < -0.39 is 0 Å². The summed E-state index contributed by atoms with van der Waals surface area (Å²) in [4.78, 5) is 11.6. The highest BCUT2D eigenvalue weighted by Gasteiger charge is 2.21. The monoisotopic (exact) mass is 236 g/mol. The second kappa shape index (κ2) is 5.01. The van der Waals surface area contributed by atoms with Gasteiger partial charge in [0.25, 0.3) is 0 Å². The Morgan fingerprint density at radius 2 is 2.06 bits per heavy atom. The van der Waals surface area contributed by atoms with Gasteiger partial charge in [-0.3, -0.25) is 4.79 Å². The Hall–Kier alpha value is -0.820. The number of aryl methyl sites for hydroxylation is 3. The Morgan fingerprint density at radius 1 is 1.25 bits per heavy atom. The lowest BCUT2D eigenvalue weighted by molar-refractivity contribution is 0.0994. The van der Waals surface area contributed by atoms with Gasteiger partial charge in [-0.1, -0.05) is 12.1 Å². The number of unbranched alkanes of at least 4 members (excludes halogenated alkanes) is 1. The predicted molar refractivity (Wildman–Crippen MR) is 67.5 cm³/mol. The molecule has 0 N–H and O–H groups in total. The Labute approximate surface area is 102 Å². The van der Waals surface area contributed by atoms with Gasteiger partial charge in [-0.15, -0.1) is 11.6 Å². The van der Waals surface area contributed by atoms with E-state index in [2.05, 4.69) is 12.1 Å². The van der Waals surface area contributed by atoms with Crippen LogP contribution in [0.25, 0.3) is 0 Å². The van der Waals surface area contributed by atoms with Crippen molar-refractivity contribution in [2.45, 2.75) is 39.0 Å². The molecular weight excluding hydrogens is 220 g/mol. The minimum Gasteiger partial charge on any atom is -0.294 e. The molecule has 0 saturated heterocycles. The van der Waals surface area contributed by atoms with Gasteiger partial charge in [0.15, 0.2) is 5.78 Å². The highest BCUT2D eigenvalue weighted by atomic mass is 35.5. The van der Waals surface area contributed by atoms with Gasteiger partial charge < -0.3 is 0 Å². The van der Waals surface area contributed by atoms with Crippen LogP contribution in [0.15, 0.2) is 12.1 Å². The third-order valence-electron chi connectivity index (χ3n) is 3.23. The summed E-state index contributed by atoms with van der Waals surface area (Å²) in [6.07, 6.45) is 4.90. The van der Waals surface area contributed by atoms with E-state index in [9.17, 15) is 4.79 Å². The van der Waals surface area contributed by atoms with E-state index in [0.717, 1.165) is 42.7 Å². The number of hydrogen-bond donors (Lipinski definition) is 0. The Morgan fingerprint density at radius 3 is 2.81 bits per heavy atom. The first-order valence-corrected chi connectivity index (χ1v) is 6.47. The number of hydrogen-bond acceptors (Lipinski definition) is 1. The molecule has 0 radical (unpaired) electrons. The topological polar surface area (TPSA) is 17.1 Å². The number of carbonyl (C=O) groups excluding carboxylic acids is 1. The predicted octanol–water partition coefficient (Wildman–Crippen LogP) is 3.69. The van der Waals surface area contributed by atoms with Crippen LogP contribution >= 0.6 is 11.6 Å². The lowest BCUT2D eigenvalue weighted by Crippen LogP contribution is -1.97. The molecule has 16 heavy (non-hydrogen) atoms. The molecule has 0 amide bonds. The largest absolute Gasteiger partial charge is 0.294 e. The normalized spacial score (nSPS) is 14.2. The van der Waals surface area contributed by atoms with Crippen LogP contribution in [0.5, 0.6) is 0 Å². The summed E-state index contributed by atoms with van der Waals surface area (Å²) in [6, 6.07) is 4.37. The van der Waals surface area contributed by atoms with Crippen molar-refractivity contribution < 1.29 is 4.79 Å². The number of benzene rings is 1. The molecule has 2 rings (SSSR count). The maximum Gasteiger partial charge on any atom is 0.163 e. The third kappa shape index (κ3) is 2.30. The molecule has 0 saturated carbocycles. The van der Waals surface area contributed by atoms with Crippen molar-refractivity contribution in [3.05, 3.63) is 34.4 Å². The van der Waals surface area contributed by atoms with Gasteiger partial charge in [-0.2, -0.15) is 0 Å². The van der Waals surface area contributed by atoms with Crippen LogP contribution < -0.4 is 0 Å². The number of halogens is 1. The summed E-state index contributed by atoms with van der Waals surface area (Å²) in [5, 5.41) is 0. The fraction of sp³-hybridized carbons (Fsp3) is 0.500. The van der Waals surface area contributed by atoms with Gasteiger partial charge >= 0.3 is 0 Å². The quantitative estimate of drug-likeness (QED) is 0.576. The van der Waals surface area contributed by atoms with Crippen molar-refractivity contribution in [2.75, 3.05) is 5.88 Å². The van der Waals surface area contributed by atoms with Crippen molar-refractivity contribution in [2.24, 2.45) is 0 Å². The zero-order valence-corrected chi connectivity index (χ0v) is 10.4. The first-order valence-electron chi connectivity index (χ1n) is 5.94. The number of Topliss-reactive ketones (excluding diaryl/α,β-unsaturated/α-hetero) is 1. The maximum atomic E-state index is 11.6. The van der Waals surface area contributed by atoms with Crippen LogP contribution in [-0.2, 0) is 12.8 Å². The van der Waals surface area contributed by atoms with Crippen LogP contribution in [0.2, 0.25) is 0 Å². The molecule has 0 atom stereocenters. The molecule has 1 aromatic carbocycles. The van der Waals surface area contributed by atoms with Crippen molar-refractivity contribution in [1.29, 1.82) is 0 Å². The van der Waals surface area contributed by atoms with E-state index >= 15 is 0 Å². The second-order valence-electron chi connectivity index (χ2n) is 4.52. The van der Waals surface area contributed by atoms with Gasteiger partial charge in [0.2, 0.25) is 0 Å². The van der Waals surface area contributed by atoms with Crippen molar-refractivity contribution in [1.82, 2.24) is 0 Å². The summed E-state index contributed by atoms with van der Waals surface area (Å²) >= 11 is 5.67. The van der Waals surface area contributed by atoms with Crippen molar-refractivity contribution >= 4 is 17.4 Å². The van der Waals surface area contributed by atoms with E-state index in [-0.39, 0.29) is 0 Å². The Kier molecular flexibility index (Phi) is 3.65. The van der Waals surface area contributed by atoms with Crippen LogP contribution in [0.4, 0.5) is 0 Å². The van der Waals surface area contributed by atoms with Gasteiger partial charge in [0.05, 0.1) is 0 Å². The van der Waals surface area contributed by atoms with Gasteiger partial charge in [-0.05, 0) is 49.3 Å². The molecule has 0 aromatic heterocycles. The zero-order valence-electron chi connectivity index (χ0n) is 9.68. The lowest BCUT2D eigenvalue weighted by Gasteiger charge is -2.07. The number of ketones is 1. The first-order chi connectivity index (χ1) is 7.72. The van der Waals surface area contributed by atoms with E-state index in [0.29, 0.717) is 12.2 Å². The number of rotatable bonds is 4. The Balaban J connectivity index is 2.18. The summed E-state index contributed by atoms with van der Waals surface area (Å²) in [5.41, 5.74) is 4.75. The van der Waals surface area contributed by atoms with E-state index in [1.807, 2.05) is 6.92 Å². The number of carbonyl (C=O) groups is 1. The zero-order chi connectivity index (χ0) is 11.5. The molecule has 1 aliphatic carbocycles. The number of fused-ring (bicyclic) bond motifs is 1. The summed E-state index contributed by atoms with van der Waals surface area (Å²) < 4.78 is 0. The van der Waals surface area contributed by atoms with Crippen molar-refractivity contribution in [3.8, 4) is 0 Å². The van der Waals surface area contributed by atoms with Crippen LogP contribution in [-0.4, -0.2) is 11.7 Å². The molecule has 0 fully saturated rings. The van der Waals surface area contributed by atoms with Gasteiger partial charge in [0, 0.05) is 17.9 Å². The molecule has 1 aromatic rings. The molecule has 1 aliphatic rings. The summed E-state index contributed by atoms with van der Waals surface area (Å²) in [7, 11) is 0. The van der Waals surface area contributed by atoms with Gasteiger partial charge in [-0.25, -0.2) is 0 Å². The van der Waals surface area contributed by atoms with E-state index in [1.54, 1.807) is 0 Å². The molecule has 86 valence electrons. The standard InChI is InChI=1S/C14H17ClO/c1-10-8-11(4-2-3-7-15)9-12-5-6-13(16)14(10)12/h8-9H,2-7H2,1H3. The molecule has 0 heterocycles. The average Bonchev–Trinajstić information content (AvgIpc) is 2.61. The molecule has 2 heteroatoms. The first kappa shape index (κ1) is 11.7. The number of alkyl halides is 1. The SMILES string of the molecule is Cc1cc(CCCCCl)cc2c1C(=O)CC2. The molecule has 1 nitrogen and oxygen atoms in total. The molecule has 0 aliphatic heterocycles. The molecule has 0 bridgehead atoms. The maximum absolute atomic E-state index is 11.6. The fourth-order valence-electron chi connectivity index (χ4n) is 2.48. The van der Waals surface area contributed by atoms with Crippen LogP contribution in [0.1, 0.15) is 46.3 Å². The van der Waals surface area contributed by atoms with Crippen LogP contribution in [0.3, 0.4) is 0 Å². The highest BCUT2D eigenvalue weighted by molar-refractivity contribution is 6.17.